The van der Waals surface area contributed by atoms with Gasteiger partial charge < -0.3 is 13.7 Å². The second-order valence-electron chi connectivity index (χ2n) is 15.2. The molecule has 2 aromatic heterocycles. The number of nitrogens with zero attached hydrogens (tertiary/aromatic N) is 1. The molecule has 12 rings (SSSR count). The number of furan rings is 2. The molecule has 0 radical (unpaired) electrons. The molecule has 3 heteroatoms. The number of hydrogen-bond acceptors (Lipinski definition) is 3. The monoisotopic (exact) mass is 741 g/mol. The first-order valence-corrected chi connectivity index (χ1v) is 19.8. The zero-order chi connectivity index (χ0) is 38.2. The van der Waals surface area contributed by atoms with Gasteiger partial charge in [0.25, 0.3) is 0 Å². The molecule has 0 fully saturated rings. The quantitative estimate of drug-likeness (QED) is 0.170. The molecule has 0 saturated heterocycles. The molecule has 9 aromatic carbocycles. The van der Waals surface area contributed by atoms with Crippen LogP contribution in [0.15, 0.2) is 221 Å². The average molecular weight is 742 g/mol. The number of fused-ring (bicyclic) bond motifs is 9. The molecule has 3 nitrogen and oxygen atoms in total. The highest BCUT2D eigenvalue weighted by Crippen LogP contribution is 2.56. The van der Waals surface area contributed by atoms with Crippen molar-refractivity contribution >= 4 is 60.9 Å². The molecule has 0 saturated carbocycles. The minimum absolute atomic E-state index is 0.495. The van der Waals surface area contributed by atoms with Gasteiger partial charge in [0.2, 0.25) is 0 Å². The van der Waals surface area contributed by atoms with Crippen LogP contribution in [0.25, 0.3) is 66.1 Å². The van der Waals surface area contributed by atoms with Crippen molar-refractivity contribution in [2.75, 3.05) is 4.90 Å². The average Bonchev–Trinajstić information content (AvgIpc) is 3.95. The number of para-hydroxylation sites is 1. The fraction of sp³-hybridized carbons (Fsp3) is 0.0182. The minimum Gasteiger partial charge on any atom is -0.456 e. The third-order valence-corrected chi connectivity index (χ3v) is 12.2. The molecule has 58 heavy (non-hydrogen) atoms. The predicted octanol–water partition coefficient (Wildman–Crippen LogP) is 15.0. The fourth-order valence-corrected chi connectivity index (χ4v) is 9.58. The summed E-state index contributed by atoms with van der Waals surface area (Å²) in [5.41, 5.74) is 16.0. The number of rotatable bonds is 6. The number of hydrogen-bond donors (Lipinski definition) is 0. The van der Waals surface area contributed by atoms with Gasteiger partial charge >= 0.3 is 0 Å². The van der Waals surface area contributed by atoms with Gasteiger partial charge in [-0.05, 0) is 105 Å². The number of anilines is 3. The Balaban J connectivity index is 1.04. The van der Waals surface area contributed by atoms with E-state index in [4.69, 9.17) is 8.83 Å². The Morgan fingerprint density at radius 2 is 0.810 bits per heavy atom. The van der Waals surface area contributed by atoms with E-state index in [1.54, 1.807) is 0 Å². The summed E-state index contributed by atoms with van der Waals surface area (Å²) in [5.74, 6) is 0. The van der Waals surface area contributed by atoms with Crippen molar-refractivity contribution in [1.82, 2.24) is 0 Å². The van der Waals surface area contributed by atoms with Gasteiger partial charge in [0, 0.05) is 38.6 Å². The normalized spacial score (nSPS) is 13.0. The van der Waals surface area contributed by atoms with Gasteiger partial charge in [0.1, 0.15) is 22.3 Å². The van der Waals surface area contributed by atoms with E-state index in [1.807, 2.05) is 12.1 Å². The number of benzene rings is 9. The first-order valence-electron chi connectivity index (χ1n) is 19.8. The van der Waals surface area contributed by atoms with Crippen LogP contribution in [0.2, 0.25) is 0 Å². The Morgan fingerprint density at radius 1 is 0.310 bits per heavy atom. The zero-order valence-corrected chi connectivity index (χ0v) is 31.5. The first-order chi connectivity index (χ1) is 28.7. The molecule has 1 aliphatic carbocycles. The molecule has 272 valence electrons. The Bertz CT molecular complexity index is 3290. The molecular weight excluding hydrogens is 707 g/mol. The van der Waals surface area contributed by atoms with Crippen molar-refractivity contribution in [1.29, 1.82) is 0 Å². The summed E-state index contributed by atoms with van der Waals surface area (Å²) >= 11 is 0. The third-order valence-electron chi connectivity index (χ3n) is 12.2. The van der Waals surface area contributed by atoms with E-state index >= 15 is 0 Å². The SMILES string of the molecule is c1ccc(-c2ccc(N(c3ccc4oc5ccccc5c4c3)c3ccc4oc5cc(C6(c7ccccc7)c7ccccc7-c7ccccc76)ccc5c4c3)cc2)cc1. The molecule has 1 aliphatic rings. The second kappa shape index (κ2) is 12.7. The van der Waals surface area contributed by atoms with E-state index in [0.717, 1.165) is 60.9 Å². The topological polar surface area (TPSA) is 29.5 Å². The molecule has 0 spiro atoms. The zero-order valence-electron chi connectivity index (χ0n) is 31.5. The lowest BCUT2D eigenvalue weighted by atomic mass is 9.67. The molecule has 0 bridgehead atoms. The summed E-state index contributed by atoms with van der Waals surface area (Å²) in [6, 6.07) is 76.2. The Morgan fingerprint density at radius 3 is 1.48 bits per heavy atom. The highest BCUT2D eigenvalue weighted by Gasteiger charge is 2.46. The largest absolute Gasteiger partial charge is 0.456 e. The molecule has 0 amide bonds. The molecular formula is C55H35NO2. The van der Waals surface area contributed by atoms with Crippen LogP contribution in [-0.2, 0) is 5.41 Å². The summed E-state index contributed by atoms with van der Waals surface area (Å²) in [7, 11) is 0. The van der Waals surface area contributed by atoms with Crippen molar-refractivity contribution in [3.05, 3.63) is 235 Å². The van der Waals surface area contributed by atoms with E-state index in [9.17, 15) is 0 Å². The lowest BCUT2D eigenvalue weighted by Crippen LogP contribution is -2.28. The van der Waals surface area contributed by atoms with Gasteiger partial charge in [-0.3, -0.25) is 0 Å². The highest BCUT2D eigenvalue weighted by molar-refractivity contribution is 6.09. The Labute approximate surface area is 335 Å². The first kappa shape index (κ1) is 32.6. The van der Waals surface area contributed by atoms with Crippen molar-refractivity contribution < 1.29 is 8.83 Å². The summed E-state index contributed by atoms with van der Waals surface area (Å²) in [5, 5.41) is 4.34. The lowest BCUT2D eigenvalue weighted by molar-refractivity contribution is 0.665. The smallest absolute Gasteiger partial charge is 0.135 e. The van der Waals surface area contributed by atoms with Crippen LogP contribution in [0.5, 0.6) is 0 Å². The Hall–Kier alpha value is -7.62. The summed E-state index contributed by atoms with van der Waals surface area (Å²) in [6.07, 6.45) is 0. The van der Waals surface area contributed by atoms with E-state index in [2.05, 4.69) is 205 Å². The maximum atomic E-state index is 6.78. The molecule has 0 atom stereocenters. The van der Waals surface area contributed by atoms with Crippen LogP contribution >= 0.6 is 0 Å². The maximum Gasteiger partial charge on any atom is 0.135 e. The summed E-state index contributed by atoms with van der Waals surface area (Å²) in [6.45, 7) is 0. The van der Waals surface area contributed by atoms with E-state index in [0.29, 0.717) is 0 Å². The van der Waals surface area contributed by atoms with Crippen molar-refractivity contribution in [3.63, 3.8) is 0 Å². The van der Waals surface area contributed by atoms with Crippen LogP contribution in [-0.4, -0.2) is 0 Å². The van der Waals surface area contributed by atoms with Crippen LogP contribution in [0.4, 0.5) is 17.1 Å². The van der Waals surface area contributed by atoms with Crippen molar-refractivity contribution in [2.45, 2.75) is 5.41 Å². The van der Waals surface area contributed by atoms with Gasteiger partial charge in [-0.2, -0.15) is 0 Å². The van der Waals surface area contributed by atoms with Crippen molar-refractivity contribution in [2.24, 2.45) is 0 Å². The van der Waals surface area contributed by atoms with Gasteiger partial charge in [-0.1, -0.05) is 152 Å². The summed E-state index contributed by atoms with van der Waals surface area (Å²) in [4.78, 5) is 2.33. The van der Waals surface area contributed by atoms with E-state index in [1.165, 1.54) is 44.5 Å². The van der Waals surface area contributed by atoms with E-state index in [-0.39, 0.29) is 0 Å². The summed E-state index contributed by atoms with van der Waals surface area (Å²) < 4.78 is 13.0. The maximum absolute atomic E-state index is 6.78. The van der Waals surface area contributed by atoms with Gasteiger partial charge in [0.05, 0.1) is 5.41 Å². The van der Waals surface area contributed by atoms with Crippen molar-refractivity contribution in [3.8, 4) is 22.3 Å². The molecule has 11 aromatic rings. The van der Waals surface area contributed by atoms with Gasteiger partial charge in [0.15, 0.2) is 0 Å². The molecule has 0 N–H and O–H groups in total. The van der Waals surface area contributed by atoms with Crippen LogP contribution in [0.3, 0.4) is 0 Å². The minimum atomic E-state index is -0.495. The molecule has 0 unspecified atom stereocenters. The van der Waals surface area contributed by atoms with Gasteiger partial charge in [-0.25, -0.2) is 0 Å². The predicted molar refractivity (Wildman–Crippen MR) is 238 cm³/mol. The highest BCUT2D eigenvalue weighted by atomic mass is 16.3. The lowest BCUT2D eigenvalue weighted by Gasteiger charge is -2.33. The van der Waals surface area contributed by atoms with Gasteiger partial charge in [-0.15, -0.1) is 0 Å². The van der Waals surface area contributed by atoms with Crippen LogP contribution in [0, 0.1) is 0 Å². The third kappa shape index (κ3) is 4.80. The van der Waals surface area contributed by atoms with Crippen LogP contribution < -0.4 is 4.90 Å². The molecule has 0 aliphatic heterocycles. The van der Waals surface area contributed by atoms with Crippen LogP contribution in [0.1, 0.15) is 22.3 Å². The standard InChI is InChI=1S/C55H35NO2/c1-3-13-36(14-4-1)37-23-26-40(27-24-37)56(41-28-31-52-47(34-41)45-19-9-12-22-51(45)57-52)42-29-32-53-48(35-42)46-30-25-39(33-54(46)58-53)55(38-15-5-2-6-16-38)49-20-10-7-17-43(49)44-18-8-11-21-50(44)55/h1-35H. The Kier molecular flexibility index (Phi) is 7.14. The second-order valence-corrected chi connectivity index (χ2v) is 15.2. The van der Waals surface area contributed by atoms with E-state index < -0.39 is 5.41 Å². The fourth-order valence-electron chi connectivity index (χ4n) is 9.58. The molecule has 2 heterocycles.